The Labute approximate surface area is 159 Å². The molecular formula is C19H21ClN2O3S. The minimum Gasteiger partial charge on any atom is -0.326 e. The van der Waals surface area contributed by atoms with E-state index in [1.54, 1.807) is 12.1 Å². The summed E-state index contributed by atoms with van der Waals surface area (Å²) < 4.78 is 27.2. The molecular weight excluding hydrogens is 372 g/mol. The van der Waals surface area contributed by atoms with Gasteiger partial charge in [0.2, 0.25) is 15.9 Å². The smallest absolute Gasteiger partial charge is 0.243 e. The highest BCUT2D eigenvalue weighted by Gasteiger charge is 2.33. The molecule has 2 aromatic carbocycles. The minimum absolute atomic E-state index is 0.155. The molecule has 0 radical (unpaired) electrons. The molecule has 2 aromatic rings. The molecule has 1 atom stereocenters. The second kappa shape index (κ2) is 7.78. The first kappa shape index (κ1) is 18.9. The van der Waals surface area contributed by atoms with Gasteiger partial charge < -0.3 is 5.32 Å². The summed E-state index contributed by atoms with van der Waals surface area (Å²) in [6, 6.07) is 13.9. The molecule has 1 N–H and O–H groups in total. The van der Waals surface area contributed by atoms with E-state index >= 15 is 0 Å². The van der Waals surface area contributed by atoms with Gasteiger partial charge in [-0.15, -0.1) is 0 Å². The van der Waals surface area contributed by atoms with Gasteiger partial charge in [0, 0.05) is 23.8 Å². The molecule has 0 bridgehead atoms. The SMILES string of the molecule is Cc1ccc(S(=O)(=O)N2CCCC(C(=O)Nc3ccccc3)C2)cc1Cl. The summed E-state index contributed by atoms with van der Waals surface area (Å²) in [5.41, 5.74) is 1.53. The van der Waals surface area contributed by atoms with Gasteiger partial charge in [0.1, 0.15) is 0 Å². The first-order chi connectivity index (χ1) is 12.4. The standard InChI is InChI=1S/C19H21ClN2O3S/c1-14-9-10-17(12-18(14)20)26(24,25)22-11-5-6-15(13-22)19(23)21-16-7-3-2-4-8-16/h2-4,7-10,12,15H,5-6,11,13H2,1H3,(H,21,23). The van der Waals surface area contributed by atoms with Crippen molar-refractivity contribution in [3.8, 4) is 0 Å². The van der Waals surface area contributed by atoms with E-state index in [0.717, 1.165) is 5.56 Å². The van der Waals surface area contributed by atoms with Crippen LogP contribution in [0, 0.1) is 12.8 Å². The molecule has 7 heteroatoms. The van der Waals surface area contributed by atoms with Gasteiger partial charge in [-0.3, -0.25) is 4.79 Å². The van der Waals surface area contributed by atoms with Crippen LogP contribution in [0.25, 0.3) is 0 Å². The van der Waals surface area contributed by atoms with Crippen LogP contribution in [0.4, 0.5) is 5.69 Å². The van der Waals surface area contributed by atoms with Crippen molar-refractivity contribution in [2.75, 3.05) is 18.4 Å². The van der Waals surface area contributed by atoms with Crippen molar-refractivity contribution in [1.82, 2.24) is 4.31 Å². The van der Waals surface area contributed by atoms with E-state index in [4.69, 9.17) is 11.6 Å². The molecule has 1 amide bonds. The van der Waals surface area contributed by atoms with E-state index in [9.17, 15) is 13.2 Å². The molecule has 5 nitrogen and oxygen atoms in total. The maximum Gasteiger partial charge on any atom is 0.243 e. The van der Waals surface area contributed by atoms with Crippen LogP contribution < -0.4 is 5.32 Å². The lowest BCUT2D eigenvalue weighted by Gasteiger charge is -2.31. The van der Waals surface area contributed by atoms with Gasteiger partial charge >= 0.3 is 0 Å². The number of benzene rings is 2. The van der Waals surface area contributed by atoms with Gasteiger partial charge in [-0.25, -0.2) is 8.42 Å². The van der Waals surface area contributed by atoms with Crippen LogP contribution in [-0.4, -0.2) is 31.7 Å². The Hall–Kier alpha value is -1.89. The molecule has 1 aliphatic rings. The van der Waals surface area contributed by atoms with E-state index in [0.29, 0.717) is 30.1 Å². The summed E-state index contributed by atoms with van der Waals surface area (Å²) in [4.78, 5) is 12.7. The summed E-state index contributed by atoms with van der Waals surface area (Å²) in [5, 5.41) is 3.28. The number of anilines is 1. The predicted molar refractivity (Wildman–Crippen MR) is 103 cm³/mol. The van der Waals surface area contributed by atoms with Crippen LogP contribution in [0.1, 0.15) is 18.4 Å². The highest BCUT2D eigenvalue weighted by Crippen LogP contribution is 2.27. The number of halogens is 1. The number of hydrogen-bond acceptors (Lipinski definition) is 3. The van der Waals surface area contributed by atoms with Crippen molar-refractivity contribution in [2.24, 2.45) is 5.92 Å². The van der Waals surface area contributed by atoms with Crippen molar-refractivity contribution >= 4 is 33.2 Å². The van der Waals surface area contributed by atoms with E-state index in [1.165, 1.54) is 10.4 Å². The number of amides is 1. The Bertz CT molecular complexity index is 900. The second-order valence-corrected chi connectivity index (χ2v) is 8.81. The molecule has 0 spiro atoms. The van der Waals surface area contributed by atoms with E-state index in [-0.39, 0.29) is 23.3 Å². The molecule has 0 aromatic heterocycles. The summed E-state index contributed by atoms with van der Waals surface area (Å²) in [6.45, 7) is 2.40. The highest BCUT2D eigenvalue weighted by molar-refractivity contribution is 7.89. The Balaban J connectivity index is 1.75. The Morgan fingerprint density at radius 2 is 1.92 bits per heavy atom. The van der Waals surface area contributed by atoms with Crippen molar-refractivity contribution in [3.05, 3.63) is 59.1 Å². The number of nitrogens with one attached hydrogen (secondary N) is 1. The molecule has 26 heavy (non-hydrogen) atoms. The monoisotopic (exact) mass is 392 g/mol. The number of para-hydroxylation sites is 1. The number of carbonyl (C=O) groups is 1. The van der Waals surface area contributed by atoms with Gasteiger partial charge in [-0.2, -0.15) is 4.31 Å². The lowest BCUT2D eigenvalue weighted by Crippen LogP contribution is -2.43. The molecule has 1 unspecified atom stereocenters. The first-order valence-corrected chi connectivity index (χ1v) is 10.3. The maximum atomic E-state index is 12.9. The van der Waals surface area contributed by atoms with Crippen LogP contribution in [0.3, 0.4) is 0 Å². The number of aryl methyl sites for hydroxylation is 1. The van der Waals surface area contributed by atoms with Gasteiger partial charge in [0.05, 0.1) is 10.8 Å². The lowest BCUT2D eigenvalue weighted by molar-refractivity contribution is -0.120. The maximum absolute atomic E-state index is 12.9. The zero-order valence-electron chi connectivity index (χ0n) is 14.5. The van der Waals surface area contributed by atoms with Crippen molar-refractivity contribution < 1.29 is 13.2 Å². The van der Waals surface area contributed by atoms with Crippen molar-refractivity contribution in [2.45, 2.75) is 24.7 Å². The highest BCUT2D eigenvalue weighted by atomic mass is 35.5. The van der Waals surface area contributed by atoms with Gasteiger partial charge in [-0.05, 0) is 49.6 Å². The summed E-state index contributed by atoms with van der Waals surface area (Å²) in [7, 11) is -3.67. The van der Waals surface area contributed by atoms with Crippen LogP contribution in [-0.2, 0) is 14.8 Å². The quantitative estimate of drug-likeness (QED) is 0.862. The Morgan fingerprint density at radius 1 is 1.19 bits per heavy atom. The fourth-order valence-electron chi connectivity index (χ4n) is 3.02. The van der Waals surface area contributed by atoms with Crippen molar-refractivity contribution in [1.29, 1.82) is 0 Å². The third-order valence-electron chi connectivity index (χ3n) is 4.58. The summed E-state index contributed by atoms with van der Waals surface area (Å²) in [5.74, 6) is -0.530. The Morgan fingerprint density at radius 3 is 2.62 bits per heavy atom. The molecule has 1 fully saturated rings. The normalized spacial score (nSPS) is 18.5. The number of rotatable bonds is 4. The third kappa shape index (κ3) is 4.09. The number of nitrogens with zero attached hydrogens (tertiary/aromatic N) is 1. The van der Waals surface area contributed by atoms with E-state index in [2.05, 4.69) is 5.32 Å². The molecule has 1 aliphatic heterocycles. The largest absolute Gasteiger partial charge is 0.326 e. The molecule has 138 valence electrons. The lowest BCUT2D eigenvalue weighted by atomic mass is 9.99. The van der Waals surface area contributed by atoms with Crippen molar-refractivity contribution in [3.63, 3.8) is 0 Å². The Kier molecular flexibility index (Phi) is 5.65. The fraction of sp³-hybridized carbons (Fsp3) is 0.316. The third-order valence-corrected chi connectivity index (χ3v) is 6.85. The fourth-order valence-corrected chi connectivity index (χ4v) is 4.82. The summed E-state index contributed by atoms with van der Waals surface area (Å²) in [6.07, 6.45) is 1.31. The van der Waals surface area contributed by atoms with Crippen LogP contribution in [0.5, 0.6) is 0 Å². The number of carbonyl (C=O) groups excluding carboxylic acids is 1. The minimum atomic E-state index is -3.67. The van der Waals surface area contributed by atoms with Gasteiger partial charge in [0.25, 0.3) is 0 Å². The first-order valence-electron chi connectivity index (χ1n) is 8.50. The molecule has 0 saturated carbocycles. The number of piperidine rings is 1. The topological polar surface area (TPSA) is 66.5 Å². The van der Waals surface area contributed by atoms with Gasteiger partial charge in [-0.1, -0.05) is 35.9 Å². The molecule has 1 heterocycles. The van der Waals surface area contributed by atoms with Gasteiger partial charge in [0.15, 0.2) is 0 Å². The zero-order valence-corrected chi connectivity index (χ0v) is 16.1. The molecule has 3 rings (SSSR count). The van der Waals surface area contributed by atoms with Crippen LogP contribution >= 0.6 is 11.6 Å². The number of hydrogen-bond donors (Lipinski definition) is 1. The van der Waals surface area contributed by atoms with E-state index < -0.39 is 10.0 Å². The molecule has 0 aliphatic carbocycles. The van der Waals surface area contributed by atoms with Crippen LogP contribution in [0.2, 0.25) is 5.02 Å². The number of sulfonamides is 1. The second-order valence-electron chi connectivity index (χ2n) is 6.47. The zero-order chi connectivity index (χ0) is 18.7. The average molecular weight is 393 g/mol. The average Bonchev–Trinajstić information content (AvgIpc) is 2.65. The van der Waals surface area contributed by atoms with E-state index in [1.807, 2.05) is 37.3 Å². The predicted octanol–water partition coefficient (Wildman–Crippen LogP) is 3.69. The van der Waals surface area contributed by atoms with Crippen LogP contribution in [0.15, 0.2) is 53.4 Å². The summed E-state index contributed by atoms with van der Waals surface area (Å²) >= 11 is 6.08. The molecule has 1 saturated heterocycles.